The third kappa shape index (κ3) is 3.68. The molecular formula is C14H21N5O2. The van der Waals surface area contributed by atoms with Gasteiger partial charge in [-0.1, -0.05) is 13.3 Å². The van der Waals surface area contributed by atoms with Gasteiger partial charge < -0.3 is 10.0 Å². The summed E-state index contributed by atoms with van der Waals surface area (Å²) in [6.45, 7) is 6.09. The lowest BCUT2D eigenvalue weighted by molar-refractivity contribution is -0.137. The predicted molar refractivity (Wildman–Crippen MR) is 79.5 cm³/mol. The van der Waals surface area contributed by atoms with Gasteiger partial charge in [-0.3, -0.25) is 4.79 Å². The zero-order chi connectivity index (χ0) is 15.2. The van der Waals surface area contributed by atoms with Gasteiger partial charge in [0.1, 0.15) is 5.82 Å². The van der Waals surface area contributed by atoms with Crippen molar-refractivity contribution in [3.05, 3.63) is 18.0 Å². The number of rotatable bonds is 8. The van der Waals surface area contributed by atoms with Crippen LogP contribution < -0.4 is 4.90 Å². The van der Waals surface area contributed by atoms with Crippen molar-refractivity contribution in [1.82, 2.24) is 19.8 Å². The van der Waals surface area contributed by atoms with Gasteiger partial charge in [0.05, 0.1) is 6.42 Å². The van der Waals surface area contributed by atoms with Crippen LogP contribution in [0, 0.1) is 0 Å². The van der Waals surface area contributed by atoms with Gasteiger partial charge in [0.25, 0.3) is 0 Å². The largest absolute Gasteiger partial charge is 0.481 e. The van der Waals surface area contributed by atoms with Crippen LogP contribution in [-0.4, -0.2) is 44.0 Å². The molecule has 21 heavy (non-hydrogen) atoms. The Labute approximate surface area is 123 Å². The number of aliphatic carboxylic acids is 1. The number of nitrogens with zero attached hydrogens (tertiary/aromatic N) is 5. The second-order valence-corrected chi connectivity index (χ2v) is 4.90. The molecule has 2 heterocycles. The molecule has 0 spiro atoms. The van der Waals surface area contributed by atoms with E-state index in [1.807, 2.05) is 12.1 Å². The van der Waals surface area contributed by atoms with E-state index in [1.165, 1.54) is 0 Å². The third-order valence-electron chi connectivity index (χ3n) is 3.36. The number of hydrogen-bond acceptors (Lipinski definition) is 5. The maximum absolute atomic E-state index is 10.7. The van der Waals surface area contributed by atoms with Gasteiger partial charge in [0, 0.05) is 19.5 Å². The molecule has 0 radical (unpaired) electrons. The van der Waals surface area contributed by atoms with Crippen LogP contribution in [0.4, 0.5) is 5.82 Å². The summed E-state index contributed by atoms with van der Waals surface area (Å²) in [6.07, 6.45) is 2.60. The normalized spacial score (nSPS) is 11.0. The van der Waals surface area contributed by atoms with Crippen LogP contribution in [0.15, 0.2) is 12.1 Å². The van der Waals surface area contributed by atoms with Crippen LogP contribution in [-0.2, 0) is 11.2 Å². The fourth-order valence-electron chi connectivity index (χ4n) is 2.15. The number of aromatic nitrogens is 4. The van der Waals surface area contributed by atoms with Crippen molar-refractivity contribution in [2.45, 2.75) is 39.5 Å². The standard InChI is InChI=1S/C14H21N5O2/c1-3-5-10-18(4-2)13-7-6-11-15-16-12(19(11)17-13)8-9-14(20)21/h6-7H,3-5,8-10H2,1-2H3,(H,20,21). The molecule has 0 amide bonds. The average Bonchev–Trinajstić information content (AvgIpc) is 2.88. The summed E-state index contributed by atoms with van der Waals surface area (Å²) in [5.74, 6) is 0.608. The van der Waals surface area contributed by atoms with E-state index in [4.69, 9.17) is 5.11 Å². The molecule has 0 atom stereocenters. The number of hydrogen-bond donors (Lipinski definition) is 1. The molecule has 114 valence electrons. The van der Waals surface area contributed by atoms with Crippen molar-refractivity contribution in [3.8, 4) is 0 Å². The van der Waals surface area contributed by atoms with Crippen molar-refractivity contribution in [2.24, 2.45) is 0 Å². The number of anilines is 1. The Morgan fingerprint density at radius 2 is 2.14 bits per heavy atom. The molecule has 2 aromatic rings. The van der Waals surface area contributed by atoms with E-state index in [-0.39, 0.29) is 6.42 Å². The van der Waals surface area contributed by atoms with Gasteiger partial charge in [-0.2, -0.15) is 4.52 Å². The van der Waals surface area contributed by atoms with E-state index in [0.717, 1.165) is 31.7 Å². The Balaban J connectivity index is 2.25. The van der Waals surface area contributed by atoms with Crippen molar-refractivity contribution >= 4 is 17.4 Å². The quantitative estimate of drug-likeness (QED) is 0.798. The summed E-state index contributed by atoms with van der Waals surface area (Å²) in [4.78, 5) is 12.9. The molecule has 1 N–H and O–H groups in total. The number of unbranched alkanes of at least 4 members (excludes halogenated alkanes) is 1. The molecule has 0 aliphatic heterocycles. The highest BCUT2D eigenvalue weighted by atomic mass is 16.4. The second-order valence-electron chi connectivity index (χ2n) is 4.90. The first-order valence-electron chi connectivity index (χ1n) is 7.33. The average molecular weight is 291 g/mol. The highest BCUT2D eigenvalue weighted by Gasteiger charge is 2.12. The molecule has 7 heteroatoms. The second kappa shape index (κ2) is 7.01. The summed E-state index contributed by atoms with van der Waals surface area (Å²) < 4.78 is 1.65. The lowest BCUT2D eigenvalue weighted by atomic mass is 10.3. The van der Waals surface area contributed by atoms with E-state index in [9.17, 15) is 4.79 Å². The molecule has 2 rings (SSSR count). The van der Waals surface area contributed by atoms with Crippen LogP contribution in [0.3, 0.4) is 0 Å². The molecule has 0 unspecified atom stereocenters. The topological polar surface area (TPSA) is 83.6 Å². The molecule has 0 saturated carbocycles. The molecule has 7 nitrogen and oxygen atoms in total. The summed E-state index contributed by atoms with van der Waals surface area (Å²) >= 11 is 0. The van der Waals surface area contributed by atoms with E-state index in [2.05, 4.69) is 34.0 Å². The van der Waals surface area contributed by atoms with Crippen molar-refractivity contribution < 1.29 is 9.90 Å². The molecule has 0 aliphatic rings. The Kier molecular flexibility index (Phi) is 5.08. The van der Waals surface area contributed by atoms with E-state index < -0.39 is 5.97 Å². The minimum atomic E-state index is -0.846. The smallest absolute Gasteiger partial charge is 0.303 e. The lowest BCUT2D eigenvalue weighted by Gasteiger charge is -2.21. The zero-order valence-electron chi connectivity index (χ0n) is 12.5. The predicted octanol–water partition coefficient (Wildman–Crippen LogP) is 1.77. The summed E-state index contributed by atoms with van der Waals surface area (Å²) in [7, 11) is 0. The van der Waals surface area contributed by atoms with Crippen LogP contribution >= 0.6 is 0 Å². The van der Waals surface area contributed by atoms with Crippen LogP contribution in [0.1, 0.15) is 38.9 Å². The lowest BCUT2D eigenvalue weighted by Crippen LogP contribution is -2.25. The third-order valence-corrected chi connectivity index (χ3v) is 3.36. The van der Waals surface area contributed by atoms with Crippen molar-refractivity contribution in [2.75, 3.05) is 18.0 Å². The van der Waals surface area contributed by atoms with Crippen molar-refractivity contribution in [1.29, 1.82) is 0 Å². The van der Waals surface area contributed by atoms with Crippen molar-refractivity contribution in [3.63, 3.8) is 0 Å². The van der Waals surface area contributed by atoms with E-state index in [0.29, 0.717) is 17.9 Å². The first-order valence-corrected chi connectivity index (χ1v) is 7.33. The molecule has 0 aromatic carbocycles. The molecule has 0 saturated heterocycles. The molecular weight excluding hydrogens is 270 g/mol. The van der Waals surface area contributed by atoms with Gasteiger partial charge in [-0.05, 0) is 25.5 Å². The number of carboxylic acids is 1. The van der Waals surface area contributed by atoms with Crippen LogP contribution in [0.2, 0.25) is 0 Å². The Hall–Kier alpha value is -2.18. The number of aryl methyl sites for hydroxylation is 1. The minimum Gasteiger partial charge on any atom is -0.481 e. The minimum absolute atomic E-state index is 0.0278. The monoisotopic (exact) mass is 291 g/mol. The highest BCUT2D eigenvalue weighted by Crippen LogP contribution is 2.13. The van der Waals surface area contributed by atoms with Gasteiger partial charge in [-0.25, -0.2) is 0 Å². The van der Waals surface area contributed by atoms with Gasteiger partial charge in [0.2, 0.25) is 0 Å². The summed E-state index contributed by atoms with van der Waals surface area (Å²) in [5, 5.41) is 21.4. The maximum atomic E-state index is 10.7. The first-order chi connectivity index (χ1) is 10.2. The highest BCUT2D eigenvalue weighted by molar-refractivity contribution is 5.66. The zero-order valence-corrected chi connectivity index (χ0v) is 12.5. The summed E-state index contributed by atoms with van der Waals surface area (Å²) in [6, 6.07) is 3.80. The maximum Gasteiger partial charge on any atom is 0.303 e. The Morgan fingerprint density at radius 1 is 1.33 bits per heavy atom. The molecule has 0 aliphatic carbocycles. The fourth-order valence-corrected chi connectivity index (χ4v) is 2.15. The SMILES string of the molecule is CCCCN(CC)c1ccc2nnc(CCC(=O)O)n2n1. The van der Waals surface area contributed by atoms with Gasteiger partial charge >= 0.3 is 5.97 Å². The fraction of sp³-hybridized carbons (Fsp3) is 0.571. The number of carboxylic acid groups (broad SMARTS) is 1. The van der Waals surface area contributed by atoms with Crippen LogP contribution in [0.5, 0.6) is 0 Å². The number of carbonyl (C=O) groups is 1. The molecule has 0 bridgehead atoms. The number of fused-ring (bicyclic) bond motifs is 1. The molecule has 0 fully saturated rings. The van der Waals surface area contributed by atoms with E-state index in [1.54, 1.807) is 4.52 Å². The Morgan fingerprint density at radius 3 is 2.81 bits per heavy atom. The summed E-state index contributed by atoms with van der Waals surface area (Å²) in [5.41, 5.74) is 0.644. The first kappa shape index (κ1) is 15.2. The van der Waals surface area contributed by atoms with Gasteiger partial charge in [0.15, 0.2) is 11.5 Å². The van der Waals surface area contributed by atoms with Crippen LogP contribution in [0.25, 0.3) is 5.65 Å². The van der Waals surface area contributed by atoms with E-state index >= 15 is 0 Å². The van der Waals surface area contributed by atoms with Gasteiger partial charge in [-0.15, -0.1) is 15.3 Å². The Bertz CT molecular complexity index is 610. The molecule has 2 aromatic heterocycles.